The molecule has 48 heavy (non-hydrogen) atoms. The van der Waals surface area contributed by atoms with Gasteiger partial charge in [-0.05, 0) is 79.7 Å². The van der Waals surface area contributed by atoms with Gasteiger partial charge in [0.2, 0.25) is 0 Å². The zero-order valence-corrected chi connectivity index (χ0v) is 27.1. The molecular weight excluding hydrogens is 599 g/mol. The lowest BCUT2D eigenvalue weighted by molar-refractivity contribution is 1.18. The molecule has 0 saturated heterocycles. The van der Waals surface area contributed by atoms with E-state index in [1.807, 2.05) is 24.3 Å². The summed E-state index contributed by atoms with van der Waals surface area (Å²) in [6.07, 6.45) is 0. The molecule has 0 saturated carbocycles. The highest BCUT2D eigenvalue weighted by atomic mass is 28.3. The van der Waals surface area contributed by atoms with E-state index in [9.17, 15) is 5.26 Å². The number of benzene rings is 7. The summed E-state index contributed by atoms with van der Waals surface area (Å²) in [5.74, 6) is 0. The number of fused-ring (bicyclic) bond motifs is 3. The van der Waals surface area contributed by atoms with Gasteiger partial charge in [0.25, 0.3) is 0 Å². The van der Waals surface area contributed by atoms with E-state index in [4.69, 9.17) is 6.57 Å². The number of hydrogen-bond donors (Lipinski definition) is 0. The number of rotatable bonds is 6. The van der Waals surface area contributed by atoms with E-state index in [2.05, 4.69) is 167 Å². The van der Waals surface area contributed by atoms with Crippen LogP contribution < -0.4 is 20.7 Å². The maximum atomic E-state index is 10.2. The second-order valence-electron chi connectivity index (χ2n) is 11.9. The molecule has 0 radical (unpaired) electrons. The van der Waals surface area contributed by atoms with Crippen LogP contribution in [0.3, 0.4) is 0 Å². The number of nitriles is 1. The molecule has 0 spiro atoms. The van der Waals surface area contributed by atoms with Crippen molar-refractivity contribution in [3.8, 4) is 22.9 Å². The summed E-state index contributed by atoms with van der Waals surface area (Å²) in [6.45, 7) is 7.61. The van der Waals surface area contributed by atoms with Crippen LogP contribution in [0.5, 0.6) is 0 Å². The van der Waals surface area contributed by atoms with Crippen LogP contribution in [-0.4, -0.2) is 12.6 Å². The van der Waals surface area contributed by atoms with Gasteiger partial charge in [0.05, 0.1) is 29.2 Å². The highest BCUT2D eigenvalue weighted by Gasteiger charge is 2.43. The maximum absolute atomic E-state index is 10.2. The summed E-state index contributed by atoms with van der Waals surface area (Å²) >= 11 is 0. The first-order valence-corrected chi connectivity index (χ1v) is 17.9. The average molecular weight is 628 g/mol. The summed E-state index contributed by atoms with van der Waals surface area (Å²) in [5.41, 5.74) is 6.50. The fourth-order valence-corrected chi connectivity index (χ4v) is 12.3. The molecule has 0 atom stereocenters. The minimum absolute atomic E-state index is 0.625. The van der Waals surface area contributed by atoms with E-state index in [1.54, 1.807) is 0 Å². The van der Waals surface area contributed by atoms with Crippen LogP contribution in [0, 0.1) is 17.9 Å². The predicted octanol–water partition coefficient (Wildman–Crippen LogP) is 8.25. The zero-order valence-electron chi connectivity index (χ0n) is 26.1. The van der Waals surface area contributed by atoms with Crippen molar-refractivity contribution >= 4 is 56.3 Å². The molecule has 224 valence electrons. The fourth-order valence-electron chi connectivity index (χ4n) is 7.33. The molecule has 3 nitrogen and oxygen atoms in total. The Balaban J connectivity index is 1.44. The zero-order chi connectivity index (χ0) is 32.5. The van der Waals surface area contributed by atoms with E-state index in [-0.39, 0.29) is 0 Å². The number of para-hydroxylation sites is 1. The molecule has 0 aliphatic carbocycles. The van der Waals surface area contributed by atoms with Gasteiger partial charge in [-0.3, -0.25) is 0 Å². The fraction of sp³-hybridized carbons (Fsp3) is 0. The van der Waals surface area contributed by atoms with Crippen molar-refractivity contribution in [2.75, 3.05) is 0 Å². The molecule has 1 aromatic heterocycles. The monoisotopic (exact) mass is 627 g/mol. The van der Waals surface area contributed by atoms with Crippen LogP contribution in [-0.2, 0) is 0 Å². The quantitative estimate of drug-likeness (QED) is 0.104. The van der Waals surface area contributed by atoms with Crippen molar-refractivity contribution < 1.29 is 0 Å². The van der Waals surface area contributed by atoms with Gasteiger partial charge in [0.15, 0.2) is 13.8 Å². The van der Waals surface area contributed by atoms with Gasteiger partial charge >= 0.3 is 0 Å². The first-order valence-electron chi connectivity index (χ1n) is 15.9. The molecule has 4 heteroatoms. The van der Waals surface area contributed by atoms with Gasteiger partial charge in [-0.15, -0.1) is 0 Å². The first kappa shape index (κ1) is 29.0. The molecule has 1 heterocycles. The van der Waals surface area contributed by atoms with Gasteiger partial charge in [-0.1, -0.05) is 133 Å². The van der Waals surface area contributed by atoms with Crippen molar-refractivity contribution in [1.82, 2.24) is 4.57 Å². The first-order chi connectivity index (χ1) is 23.7. The smallest absolute Gasteiger partial charge is 0.188 e. The number of hydrogen-bond acceptors (Lipinski definition) is 1. The average Bonchev–Trinajstić information content (AvgIpc) is 3.50. The van der Waals surface area contributed by atoms with Crippen molar-refractivity contribution in [2.45, 2.75) is 0 Å². The van der Waals surface area contributed by atoms with E-state index < -0.39 is 8.07 Å². The molecule has 0 bridgehead atoms. The third-order valence-corrected chi connectivity index (χ3v) is 14.2. The Morgan fingerprint density at radius 2 is 1.15 bits per heavy atom. The number of aromatic nitrogens is 1. The van der Waals surface area contributed by atoms with E-state index in [0.717, 1.165) is 38.6 Å². The molecule has 0 N–H and O–H groups in total. The topological polar surface area (TPSA) is 33.1 Å². The van der Waals surface area contributed by atoms with Crippen molar-refractivity contribution in [1.29, 1.82) is 5.26 Å². The lowest BCUT2D eigenvalue weighted by Gasteiger charge is -2.36. The maximum Gasteiger partial charge on any atom is 0.188 e. The summed E-state index contributed by atoms with van der Waals surface area (Å²) in [7, 11) is -2.89. The summed E-state index contributed by atoms with van der Waals surface area (Å²) in [4.78, 5) is 3.71. The minimum atomic E-state index is -2.89. The number of nitrogens with zero attached hydrogens (tertiary/aromatic N) is 3. The SMILES string of the molecule is [C-]#[N+]c1ccc2c(c1)c1ccccc1n2-c1cccc(-c2cc(C#N)ccc2[Si](c2ccccc2)(c2ccccc2)c2ccccc2)c1. The van der Waals surface area contributed by atoms with Crippen LogP contribution >= 0.6 is 0 Å². The van der Waals surface area contributed by atoms with Crippen LogP contribution in [0.15, 0.2) is 176 Å². The Labute approximate surface area is 281 Å². The van der Waals surface area contributed by atoms with Gasteiger partial charge in [-0.25, -0.2) is 4.85 Å². The largest absolute Gasteiger partial charge is 0.309 e. The normalized spacial score (nSPS) is 11.3. The molecule has 0 unspecified atom stereocenters. The molecule has 7 aromatic carbocycles. The highest BCUT2D eigenvalue weighted by Crippen LogP contribution is 2.35. The lowest BCUT2D eigenvalue weighted by Crippen LogP contribution is -2.75. The Morgan fingerprint density at radius 3 is 1.77 bits per heavy atom. The van der Waals surface area contributed by atoms with Crippen LogP contribution in [0.2, 0.25) is 0 Å². The Morgan fingerprint density at radius 1 is 0.542 bits per heavy atom. The molecule has 0 aliphatic rings. The summed E-state index contributed by atoms with van der Waals surface area (Å²) in [5, 5.41) is 17.4. The molecule has 0 aliphatic heterocycles. The van der Waals surface area contributed by atoms with E-state index >= 15 is 0 Å². The third kappa shape index (κ3) is 4.64. The van der Waals surface area contributed by atoms with Crippen LogP contribution in [0.25, 0.3) is 43.5 Å². The Bertz CT molecular complexity index is 2430. The molecule has 8 rings (SSSR count). The van der Waals surface area contributed by atoms with Gasteiger partial charge < -0.3 is 4.57 Å². The van der Waals surface area contributed by atoms with Crippen LogP contribution in [0.1, 0.15) is 5.56 Å². The molecule has 0 amide bonds. The molecular formula is C44H29N3Si. The van der Waals surface area contributed by atoms with Gasteiger partial charge in [0, 0.05) is 11.1 Å². The van der Waals surface area contributed by atoms with Crippen LogP contribution in [0.4, 0.5) is 5.69 Å². The summed E-state index contributed by atoms with van der Waals surface area (Å²) < 4.78 is 2.28. The third-order valence-electron chi connectivity index (χ3n) is 9.37. The highest BCUT2D eigenvalue weighted by molar-refractivity contribution is 7.20. The van der Waals surface area contributed by atoms with Crippen molar-refractivity contribution in [3.63, 3.8) is 0 Å². The Kier molecular flexibility index (Phi) is 7.27. The molecule has 0 fully saturated rings. The molecule has 8 aromatic rings. The predicted molar refractivity (Wildman–Crippen MR) is 201 cm³/mol. The minimum Gasteiger partial charge on any atom is -0.309 e. The lowest BCUT2D eigenvalue weighted by atomic mass is 10.0. The van der Waals surface area contributed by atoms with Crippen molar-refractivity contribution in [3.05, 3.63) is 193 Å². The second kappa shape index (κ2) is 12.0. The van der Waals surface area contributed by atoms with Gasteiger partial charge in [0.1, 0.15) is 0 Å². The second-order valence-corrected chi connectivity index (χ2v) is 15.7. The van der Waals surface area contributed by atoms with Gasteiger partial charge in [-0.2, -0.15) is 5.26 Å². The van der Waals surface area contributed by atoms with E-state index in [1.165, 1.54) is 20.7 Å². The Hall–Kier alpha value is -6.46. The van der Waals surface area contributed by atoms with E-state index in [0.29, 0.717) is 11.3 Å². The standard InChI is InChI=1S/C44H29N3Si/c1-46-34-25-26-43-41(30-34)39-22-11-12-23-42(39)47(43)35-15-13-14-33(29-35)40-28-32(31-45)24-27-44(40)48(36-16-5-2-6-17-36,37-18-7-3-8-19-37)38-20-9-4-10-21-38/h2-30H. The summed E-state index contributed by atoms with van der Waals surface area (Å²) in [6, 6.07) is 64.2. The van der Waals surface area contributed by atoms with Crippen molar-refractivity contribution in [2.24, 2.45) is 0 Å².